The van der Waals surface area contributed by atoms with Crippen molar-refractivity contribution in [1.29, 1.82) is 0 Å². The molecule has 1 fully saturated rings. The molecule has 1 unspecified atom stereocenters. The van der Waals surface area contributed by atoms with Gasteiger partial charge < -0.3 is 10.2 Å². The molecule has 1 aliphatic heterocycles. The summed E-state index contributed by atoms with van der Waals surface area (Å²) in [6, 6.07) is 9.61. The summed E-state index contributed by atoms with van der Waals surface area (Å²) >= 11 is 0. The van der Waals surface area contributed by atoms with E-state index in [2.05, 4.69) is 55.3 Å². The Kier molecular flexibility index (Phi) is 6.72. The molecule has 0 radical (unpaired) electrons. The molecule has 0 spiro atoms. The molecule has 1 aliphatic rings. The minimum atomic E-state index is 0.455. The molecule has 1 atom stereocenters. The van der Waals surface area contributed by atoms with Crippen molar-refractivity contribution in [1.82, 2.24) is 10.2 Å². The maximum Gasteiger partial charge on any atom is 0.0291 e. The summed E-state index contributed by atoms with van der Waals surface area (Å²) in [5.41, 5.74) is 2.86. The Morgan fingerprint density at radius 3 is 2.33 bits per heavy atom. The molecule has 0 bridgehead atoms. The quantitative estimate of drug-likeness (QED) is 0.727. The zero-order valence-corrected chi connectivity index (χ0v) is 14.1. The first-order chi connectivity index (χ1) is 10.1. The molecule has 2 heteroatoms. The van der Waals surface area contributed by atoms with Crippen LogP contribution in [0.15, 0.2) is 24.3 Å². The molecule has 118 valence electrons. The molecule has 1 saturated heterocycles. The molecule has 0 amide bonds. The average Bonchev–Trinajstić information content (AvgIpc) is 2.97. The van der Waals surface area contributed by atoms with Gasteiger partial charge in [0, 0.05) is 6.04 Å². The predicted molar refractivity (Wildman–Crippen MR) is 91.7 cm³/mol. The maximum absolute atomic E-state index is 3.66. The number of hydrogen-bond donors (Lipinski definition) is 1. The first kappa shape index (κ1) is 16.5. The lowest BCUT2D eigenvalue weighted by Crippen LogP contribution is -2.26. The second-order valence-corrected chi connectivity index (χ2v) is 6.92. The number of rotatable bonds is 8. The minimum absolute atomic E-state index is 0.455. The van der Waals surface area contributed by atoms with Crippen molar-refractivity contribution < 1.29 is 0 Å². The molecule has 0 aromatic heterocycles. The summed E-state index contributed by atoms with van der Waals surface area (Å²) in [6.45, 7) is 11.8. The average molecular weight is 288 g/mol. The van der Waals surface area contributed by atoms with Crippen LogP contribution in [-0.4, -0.2) is 31.1 Å². The fourth-order valence-corrected chi connectivity index (χ4v) is 3.16. The van der Waals surface area contributed by atoms with Crippen LogP contribution < -0.4 is 5.32 Å². The Balaban J connectivity index is 1.68. The summed E-state index contributed by atoms with van der Waals surface area (Å²) in [7, 11) is 0. The molecule has 2 rings (SSSR count). The van der Waals surface area contributed by atoms with Crippen LogP contribution >= 0.6 is 0 Å². The first-order valence-corrected chi connectivity index (χ1v) is 8.69. The Labute approximate surface area is 130 Å². The number of hydrogen-bond acceptors (Lipinski definition) is 2. The Hall–Kier alpha value is -0.860. The zero-order chi connectivity index (χ0) is 15.1. The summed E-state index contributed by atoms with van der Waals surface area (Å²) in [6.07, 6.45) is 5.23. The van der Waals surface area contributed by atoms with Crippen LogP contribution in [0.1, 0.15) is 57.2 Å². The van der Waals surface area contributed by atoms with Crippen molar-refractivity contribution in [3.8, 4) is 0 Å². The van der Waals surface area contributed by atoms with Crippen molar-refractivity contribution in [2.24, 2.45) is 5.92 Å². The lowest BCUT2D eigenvalue weighted by atomic mass is 10.00. The molecule has 1 N–H and O–H groups in total. The van der Waals surface area contributed by atoms with E-state index in [-0.39, 0.29) is 0 Å². The van der Waals surface area contributed by atoms with Gasteiger partial charge >= 0.3 is 0 Å². The van der Waals surface area contributed by atoms with Gasteiger partial charge in [0.15, 0.2) is 0 Å². The lowest BCUT2D eigenvalue weighted by molar-refractivity contribution is 0.328. The third kappa shape index (κ3) is 5.80. The first-order valence-electron chi connectivity index (χ1n) is 8.69. The van der Waals surface area contributed by atoms with E-state index in [0.717, 1.165) is 12.5 Å². The Morgan fingerprint density at radius 1 is 1.05 bits per heavy atom. The number of benzene rings is 1. The third-order valence-corrected chi connectivity index (χ3v) is 4.42. The van der Waals surface area contributed by atoms with Crippen molar-refractivity contribution >= 4 is 0 Å². The SMILES string of the molecule is CC(C)Cc1ccc(C(C)NCCCN2CCCC2)cc1. The van der Waals surface area contributed by atoms with Crippen LogP contribution in [0, 0.1) is 5.92 Å². The van der Waals surface area contributed by atoms with Gasteiger partial charge in [-0.3, -0.25) is 0 Å². The molecule has 2 nitrogen and oxygen atoms in total. The zero-order valence-electron chi connectivity index (χ0n) is 14.1. The highest BCUT2D eigenvalue weighted by atomic mass is 15.1. The van der Waals surface area contributed by atoms with Crippen molar-refractivity contribution in [3.63, 3.8) is 0 Å². The molecule has 0 aliphatic carbocycles. The molecule has 21 heavy (non-hydrogen) atoms. The van der Waals surface area contributed by atoms with Crippen LogP contribution in [0.25, 0.3) is 0 Å². The second kappa shape index (κ2) is 8.55. The van der Waals surface area contributed by atoms with Gasteiger partial charge in [-0.05, 0) is 75.8 Å². The Bertz CT molecular complexity index is 391. The monoisotopic (exact) mass is 288 g/mol. The van der Waals surface area contributed by atoms with Gasteiger partial charge in [-0.15, -0.1) is 0 Å². The summed E-state index contributed by atoms with van der Waals surface area (Å²) in [5, 5.41) is 3.66. The molecule has 0 saturated carbocycles. The van der Waals surface area contributed by atoms with Crippen LogP contribution in [0.5, 0.6) is 0 Å². The molecule has 1 aromatic rings. The minimum Gasteiger partial charge on any atom is -0.310 e. The lowest BCUT2D eigenvalue weighted by Gasteiger charge is -2.17. The predicted octanol–water partition coefficient (Wildman–Crippen LogP) is 4.02. The molecular formula is C19H32N2. The number of nitrogens with one attached hydrogen (secondary N) is 1. The summed E-state index contributed by atoms with van der Waals surface area (Å²) < 4.78 is 0. The van der Waals surface area contributed by atoms with E-state index in [1.165, 1.54) is 56.4 Å². The van der Waals surface area contributed by atoms with Crippen LogP contribution in [0.4, 0.5) is 0 Å². The van der Waals surface area contributed by atoms with Crippen molar-refractivity contribution in [2.75, 3.05) is 26.2 Å². The second-order valence-electron chi connectivity index (χ2n) is 6.92. The van der Waals surface area contributed by atoms with Gasteiger partial charge in [-0.2, -0.15) is 0 Å². The number of likely N-dealkylation sites (tertiary alicyclic amines) is 1. The van der Waals surface area contributed by atoms with E-state index in [4.69, 9.17) is 0 Å². The van der Waals surface area contributed by atoms with Gasteiger partial charge in [0.2, 0.25) is 0 Å². The fraction of sp³-hybridized carbons (Fsp3) is 0.684. The highest BCUT2D eigenvalue weighted by Crippen LogP contribution is 2.15. The van der Waals surface area contributed by atoms with Crippen LogP contribution in [0.3, 0.4) is 0 Å². The van der Waals surface area contributed by atoms with E-state index < -0.39 is 0 Å². The van der Waals surface area contributed by atoms with E-state index in [0.29, 0.717) is 6.04 Å². The van der Waals surface area contributed by atoms with Crippen LogP contribution in [-0.2, 0) is 6.42 Å². The topological polar surface area (TPSA) is 15.3 Å². The summed E-state index contributed by atoms with van der Waals surface area (Å²) in [4.78, 5) is 2.59. The molecular weight excluding hydrogens is 256 g/mol. The van der Waals surface area contributed by atoms with E-state index in [1.807, 2.05) is 0 Å². The van der Waals surface area contributed by atoms with Crippen molar-refractivity contribution in [3.05, 3.63) is 35.4 Å². The smallest absolute Gasteiger partial charge is 0.0291 e. The van der Waals surface area contributed by atoms with Gasteiger partial charge in [-0.1, -0.05) is 38.1 Å². The van der Waals surface area contributed by atoms with E-state index >= 15 is 0 Å². The van der Waals surface area contributed by atoms with Gasteiger partial charge in [0.05, 0.1) is 0 Å². The molecule has 1 aromatic carbocycles. The Morgan fingerprint density at radius 2 is 1.71 bits per heavy atom. The fourth-order valence-electron chi connectivity index (χ4n) is 3.16. The number of nitrogens with zero attached hydrogens (tertiary/aromatic N) is 1. The maximum atomic E-state index is 3.66. The van der Waals surface area contributed by atoms with Gasteiger partial charge in [-0.25, -0.2) is 0 Å². The standard InChI is InChI=1S/C19H32N2/c1-16(2)15-18-7-9-19(10-8-18)17(3)20-11-6-14-21-12-4-5-13-21/h7-10,16-17,20H,4-6,11-15H2,1-3H3. The normalized spacial score (nSPS) is 17.5. The highest BCUT2D eigenvalue weighted by molar-refractivity contribution is 5.25. The molecule has 1 heterocycles. The summed E-state index contributed by atoms with van der Waals surface area (Å²) in [5.74, 6) is 0.733. The van der Waals surface area contributed by atoms with E-state index in [1.54, 1.807) is 0 Å². The van der Waals surface area contributed by atoms with Crippen LogP contribution in [0.2, 0.25) is 0 Å². The highest BCUT2D eigenvalue weighted by Gasteiger charge is 2.10. The van der Waals surface area contributed by atoms with Crippen molar-refractivity contribution in [2.45, 2.75) is 52.5 Å². The largest absolute Gasteiger partial charge is 0.310 e. The van der Waals surface area contributed by atoms with Gasteiger partial charge in [0.1, 0.15) is 0 Å². The third-order valence-electron chi connectivity index (χ3n) is 4.42. The van der Waals surface area contributed by atoms with E-state index in [9.17, 15) is 0 Å². The van der Waals surface area contributed by atoms with Gasteiger partial charge in [0.25, 0.3) is 0 Å².